The van der Waals surface area contributed by atoms with E-state index in [9.17, 15) is 9.90 Å². The molecule has 0 radical (unpaired) electrons. The molecular formula is C11H6BrN3O2S. The molecule has 0 saturated heterocycles. The molecule has 0 saturated carbocycles. The predicted molar refractivity (Wildman–Crippen MR) is 70.6 cm³/mol. The lowest BCUT2D eigenvalue weighted by Crippen LogP contribution is -2.22. The third-order valence-electron chi connectivity index (χ3n) is 2.52. The molecule has 3 N–H and O–H groups in total. The summed E-state index contributed by atoms with van der Waals surface area (Å²) in [6.45, 7) is 0. The van der Waals surface area contributed by atoms with E-state index in [2.05, 4.69) is 25.9 Å². The number of halogens is 1. The van der Waals surface area contributed by atoms with Crippen molar-refractivity contribution in [1.82, 2.24) is 4.98 Å². The molecule has 0 fully saturated rings. The predicted octanol–water partition coefficient (Wildman–Crippen LogP) is 0.552. The molecule has 18 heavy (non-hydrogen) atoms. The van der Waals surface area contributed by atoms with E-state index in [-0.39, 0.29) is 16.9 Å². The molecule has 1 aromatic heterocycles. The van der Waals surface area contributed by atoms with Crippen LogP contribution in [0.15, 0.2) is 27.7 Å². The Morgan fingerprint density at radius 2 is 2.17 bits per heavy atom. The molecule has 0 aliphatic carbocycles. The number of carbonyl (C=O) groups is 1. The smallest absolute Gasteiger partial charge is 0.279 e. The summed E-state index contributed by atoms with van der Waals surface area (Å²) in [5.41, 5.74) is 5.87. The van der Waals surface area contributed by atoms with Gasteiger partial charge >= 0.3 is 0 Å². The molecule has 1 amide bonds. The highest BCUT2D eigenvalue weighted by molar-refractivity contribution is 9.10. The van der Waals surface area contributed by atoms with Crippen molar-refractivity contribution in [1.29, 1.82) is 0 Å². The lowest BCUT2D eigenvalue weighted by atomic mass is 10.1. The first kappa shape index (κ1) is 11.4. The molecule has 3 rings (SSSR count). The SMILES string of the molecule is Nc1nc(O)c(C2=c3cc(Br)ccc3=NC2=O)s1. The Morgan fingerprint density at radius 3 is 2.83 bits per heavy atom. The van der Waals surface area contributed by atoms with Crippen LogP contribution in [0.25, 0.3) is 5.57 Å². The largest absolute Gasteiger partial charge is 0.492 e. The van der Waals surface area contributed by atoms with Crippen LogP contribution in [0, 0.1) is 0 Å². The van der Waals surface area contributed by atoms with Crippen LogP contribution >= 0.6 is 27.3 Å². The van der Waals surface area contributed by atoms with E-state index >= 15 is 0 Å². The van der Waals surface area contributed by atoms with Crippen molar-refractivity contribution in [2.24, 2.45) is 4.99 Å². The van der Waals surface area contributed by atoms with Gasteiger partial charge in [0.05, 0.1) is 10.9 Å². The first-order valence-electron chi connectivity index (χ1n) is 4.95. The molecule has 1 aliphatic heterocycles. The molecule has 5 nitrogen and oxygen atoms in total. The van der Waals surface area contributed by atoms with Crippen LogP contribution in [0.4, 0.5) is 5.13 Å². The zero-order valence-corrected chi connectivity index (χ0v) is 11.2. The fourth-order valence-corrected chi connectivity index (χ4v) is 2.94. The Labute approximate surface area is 113 Å². The average molecular weight is 324 g/mol. The van der Waals surface area contributed by atoms with Crippen LogP contribution in [-0.2, 0) is 4.79 Å². The van der Waals surface area contributed by atoms with E-state index in [1.54, 1.807) is 18.2 Å². The first-order chi connectivity index (χ1) is 8.56. The van der Waals surface area contributed by atoms with Crippen molar-refractivity contribution >= 4 is 43.9 Å². The number of nitrogens with zero attached hydrogens (tertiary/aromatic N) is 2. The number of nitrogens with two attached hydrogens (primary N) is 1. The van der Waals surface area contributed by atoms with Gasteiger partial charge in [0.1, 0.15) is 4.88 Å². The summed E-state index contributed by atoms with van der Waals surface area (Å²) in [7, 11) is 0. The third kappa shape index (κ3) is 1.63. The van der Waals surface area contributed by atoms with Crippen LogP contribution in [0.2, 0.25) is 0 Å². The number of hydrogen-bond acceptors (Lipinski definition) is 5. The van der Waals surface area contributed by atoms with Crippen molar-refractivity contribution < 1.29 is 9.90 Å². The Hall–Kier alpha value is -1.73. The summed E-state index contributed by atoms with van der Waals surface area (Å²) in [6, 6.07) is 5.33. The van der Waals surface area contributed by atoms with Gasteiger partial charge in [-0.1, -0.05) is 27.3 Å². The van der Waals surface area contributed by atoms with Crippen LogP contribution in [0.3, 0.4) is 0 Å². The first-order valence-corrected chi connectivity index (χ1v) is 6.56. The summed E-state index contributed by atoms with van der Waals surface area (Å²) in [5, 5.41) is 11.2. The van der Waals surface area contributed by atoms with Crippen LogP contribution in [0.5, 0.6) is 5.88 Å². The molecular weight excluding hydrogens is 318 g/mol. The minimum absolute atomic E-state index is 0.214. The fourth-order valence-electron chi connectivity index (χ4n) is 1.80. The Morgan fingerprint density at radius 1 is 1.39 bits per heavy atom. The van der Waals surface area contributed by atoms with Gasteiger partial charge in [-0.05, 0) is 18.2 Å². The van der Waals surface area contributed by atoms with E-state index in [4.69, 9.17) is 5.73 Å². The quantitative estimate of drug-likeness (QED) is 0.802. The topological polar surface area (TPSA) is 88.6 Å². The Balaban J connectivity index is 2.41. The third-order valence-corrected chi connectivity index (χ3v) is 3.90. The lowest BCUT2D eigenvalue weighted by molar-refractivity contribution is -0.112. The highest BCUT2D eigenvalue weighted by Gasteiger charge is 2.24. The van der Waals surface area contributed by atoms with Gasteiger partial charge in [-0.3, -0.25) is 4.79 Å². The number of fused-ring (bicyclic) bond motifs is 1. The molecule has 1 aliphatic rings. The molecule has 0 spiro atoms. The Bertz CT molecular complexity index is 797. The molecule has 7 heteroatoms. The number of rotatable bonds is 1. The molecule has 0 unspecified atom stereocenters. The van der Waals surface area contributed by atoms with Gasteiger partial charge in [0.15, 0.2) is 5.13 Å². The highest BCUT2D eigenvalue weighted by Crippen LogP contribution is 2.32. The summed E-state index contributed by atoms with van der Waals surface area (Å²) < 4.78 is 0.834. The number of amides is 1. The summed E-state index contributed by atoms with van der Waals surface area (Å²) in [4.78, 5) is 19.9. The fraction of sp³-hybridized carbons (Fsp3) is 0. The lowest BCUT2D eigenvalue weighted by Gasteiger charge is -1.95. The number of nitrogen functional groups attached to an aromatic ring is 1. The summed E-state index contributed by atoms with van der Waals surface area (Å²) >= 11 is 4.41. The van der Waals surface area contributed by atoms with Gasteiger partial charge in [-0.2, -0.15) is 4.98 Å². The Kier molecular flexibility index (Phi) is 2.46. The maximum absolute atomic E-state index is 11.9. The molecule has 2 heterocycles. The summed E-state index contributed by atoms with van der Waals surface area (Å²) in [5.74, 6) is -0.620. The zero-order valence-electron chi connectivity index (χ0n) is 8.85. The van der Waals surface area contributed by atoms with Crippen molar-refractivity contribution in [3.05, 3.63) is 38.1 Å². The average Bonchev–Trinajstić information content (AvgIpc) is 2.77. The second-order valence-corrected chi connectivity index (χ2v) is 5.60. The molecule has 0 bridgehead atoms. The number of anilines is 1. The molecule has 1 aromatic carbocycles. The number of carbonyl (C=O) groups excluding carboxylic acids is 1. The number of hydrogen-bond donors (Lipinski definition) is 2. The standard InChI is InChI=1S/C11H6BrN3O2S/c12-4-1-2-6-5(3-4)7(9(16)14-6)8-10(17)15-11(13)18-8/h1-3,17H,(H2,13,15). The van der Waals surface area contributed by atoms with Gasteiger partial charge in [0.25, 0.3) is 5.91 Å². The molecule has 0 atom stereocenters. The second kappa shape index (κ2) is 3.89. The second-order valence-electron chi connectivity index (χ2n) is 3.66. The zero-order chi connectivity index (χ0) is 12.9. The van der Waals surface area contributed by atoms with Gasteiger partial charge < -0.3 is 10.8 Å². The monoisotopic (exact) mass is 323 g/mol. The molecule has 90 valence electrons. The minimum atomic E-state index is -0.387. The van der Waals surface area contributed by atoms with Crippen molar-refractivity contribution in [2.75, 3.05) is 5.73 Å². The van der Waals surface area contributed by atoms with E-state index in [1.165, 1.54) is 0 Å². The highest BCUT2D eigenvalue weighted by atomic mass is 79.9. The normalized spacial score (nSPS) is 13.6. The number of aromatic hydroxyl groups is 1. The summed E-state index contributed by atoms with van der Waals surface area (Å²) in [6.07, 6.45) is 0. The van der Waals surface area contributed by atoms with E-state index in [0.717, 1.165) is 15.8 Å². The van der Waals surface area contributed by atoms with Crippen LogP contribution in [0.1, 0.15) is 4.88 Å². The maximum Gasteiger partial charge on any atom is 0.279 e. The van der Waals surface area contributed by atoms with Gasteiger partial charge in [0, 0.05) is 9.69 Å². The van der Waals surface area contributed by atoms with E-state index in [0.29, 0.717) is 21.0 Å². The number of aromatic nitrogens is 1. The van der Waals surface area contributed by atoms with Crippen LogP contribution < -0.4 is 16.3 Å². The molecule has 2 aromatic rings. The number of thiazole rings is 1. The van der Waals surface area contributed by atoms with Gasteiger partial charge in [-0.15, -0.1) is 0 Å². The van der Waals surface area contributed by atoms with Crippen molar-refractivity contribution in [3.63, 3.8) is 0 Å². The van der Waals surface area contributed by atoms with Crippen LogP contribution in [-0.4, -0.2) is 16.0 Å². The van der Waals surface area contributed by atoms with E-state index < -0.39 is 0 Å². The van der Waals surface area contributed by atoms with E-state index in [1.807, 2.05) is 0 Å². The van der Waals surface area contributed by atoms with Crippen molar-refractivity contribution in [3.8, 4) is 5.88 Å². The van der Waals surface area contributed by atoms with Crippen molar-refractivity contribution in [2.45, 2.75) is 0 Å². The van der Waals surface area contributed by atoms with Gasteiger partial charge in [0.2, 0.25) is 5.88 Å². The van der Waals surface area contributed by atoms with Gasteiger partial charge in [-0.25, -0.2) is 4.99 Å². The minimum Gasteiger partial charge on any atom is -0.492 e. The number of benzene rings is 1. The maximum atomic E-state index is 11.9.